The Balaban J connectivity index is 1.82. The molecule has 2 unspecified atom stereocenters. The first-order valence-electron chi connectivity index (χ1n) is 6.19. The molecule has 1 heteroatoms. The molecule has 74 valence electrons. The predicted molar refractivity (Wildman–Crippen MR) is 54.7 cm³/mol. The van der Waals surface area contributed by atoms with E-state index in [9.17, 15) is 0 Å². The van der Waals surface area contributed by atoms with Crippen molar-refractivity contribution in [1.29, 1.82) is 0 Å². The van der Waals surface area contributed by atoms with Crippen LogP contribution in [0, 0.1) is 11.8 Å². The molecule has 0 bridgehead atoms. The summed E-state index contributed by atoms with van der Waals surface area (Å²) in [6, 6.07) is 1.02. The van der Waals surface area contributed by atoms with Crippen LogP contribution in [0.25, 0.3) is 0 Å². The van der Waals surface area contributed by atoms with Crippen LogP contribution in [0.2, 0.25) is 0 Å². The van der Waals surface area contributed by atoms with E-state index in [1.54, 1.807) is 0 Å². The molecule has 1 nitrogen and oxygen atoms in total. The van der Waals surface area contributed by atoms with Gasteiger partial charge in [0.15, 0.2) is 0 Å². The van der Waals surface area contributed by atoms with Gasteiger partial charge >= 0.3 is 0 Å². The molecule has 0 spiro atoms. The Bertz CT molecular complexity index is 144. The van der Waals surface area contributed by atoms with Gasteiger partial charge in [-0.05, 0) is 63.5 Å². The first kappa shape index (κ1) is 8.28. The molecule has 0 aromatic carbocycles. The SMILES string of the molecule is C1CC2CCCN3CCCC(C1)C23. The second-order valence-electron chi connectivity index (χ2n) is 5.26. The summed E-state index contributed by atoms with van der Waals surface area (Å²) in [5, 5.41) is 0. The molecular formula is C12H21N. The van der Waals surface area contributed by atoms with Crippen molar-refractivity contribution in [2.24, 2.45) is 11.8 Å². The number of rotatable bonds is 0. The van der Waals surface area contributed by atoms with Crippen LogP contribution in [0.5, 0.6) is 0 Å². The van der Waals surface area contributed by atoms with Gasteiger partial charge < -0.3 is 0 Å². The highest BCUT2D eigenvalue weighted by atomic mass is 15.2. The highest BCUT2D eigenvalue weighted by Gasteiger charge is 2.40. The zero-order chi connectivity index (χ0) is 8.67. The molecule has 13 heavy (non-hydrogen) atoms. The molecule has 0 aromatic rings. The summed E-state index contributed by atoms with van der Waals surface area (Å²) in [7, 11) is 0. The molecule has 3 aliphatic rings. The van der Waals surface area contributed by atoms with Crippen LogP contribution in [0.3, 0.4) is 0 Å². The zero-order valence-electron chi connectivity index (χ0n) is 8.54. The molecule has 1 saturated carbocycles. The average Bonchev–Trinajstić information content (AvgIpc) is 2.19. The van der Waals surface area contributed by atoms with Crippen molar-refractivity contribution in [3.8, 4) is 0 Å². The molecule has 3 fully saturated rings. The highest BCUT2D eigenvalue weighted by Crippen LogP contribution is 2.42. The van der Waals surface area contributed by atoms with E-state index in [0.29, 0.717) is 0 Å². The van der Waals surface area contributed by atoms with Gasteiger partial charge in [-0.25, -0.2) is 0 Å². The van der Waals surface area contributed by atoms with E-state index in [4.69, 9.17) is 0 Å². The molecule has 0 radical (unpaired) electrons. The lowest BCUT2D eigenvalue weighted by Crippen LogP contribution is -2.54. The summed E-state index contributed by atoms with van der Waals surface area (Å²) in [6.45, 7) is 2.83. The van der Waals surface area contributed by atoms with Gasteiger partial charge in [0.2, 0.25) is 0 Å². The number of piperidine rings is 2. The normalized spacial score (nSPS) is 45.7. The van der Waals surface area contributed by atoms with E-state index in [2.05, 4.69) is 4.90 Å². The van der Waals surface area contributed by atoms with E-state index in [1.807, 2.05) is 0 Å². The zero-order valence-corrected chi connectivity index (χ0v) is 8.54. The molecule has 1 aliphatic carbocycles. The van der Waals surface area contributed by atoms with E-state index in [0.717, 1.165) is 17.9 Å². The van der Waals surface area contributed by atoms with Crippen LogP contribution < -0.4 is 0 Å². The van der Waals surface area contributed by atoms with Crippen molar-refractivity contribution in [2.45, 2.75) is 51.0 Å². The quantitative estimate of drug-likeness (QED) is 0.552. The minimum Gasteiger partial charge on any atom is -0.300 e. The molecule has 2 atom stereocenters. The maximum Gasteiger partial charge on any atom is 0.0152 e. The lowest BCUT2D eigenvalue weighted by Gasteiger charge is -2.51. The van der Waals surface area contributed by atoms with E-state index < -0.39 is 0 Å². The van der Waals surface area contributed by atoms with Gasteiger partial charge in [0, 0.05) is 6.04 Å². The summed E-state index contributed by atoms with van der Waals surface area (Å²) in [5.41, 5.74) is 0. The molecule has 0 N–H and O–H groups in total. The third-order valence-corrected chi connectivity index (χ3v) is 4.58. The van der Waals surface area contributed by atoms with Gasteiger partial charge in [-0.2, -0.15) is 0 Å². The number of hydrogen-bond donors (Lipinski definition) is 0. The minimum absolute atomic E-state index is 1.02. The third kappa shape index (κ3) is 1.32. The Morgan fingerprint density at radius 3 is 1.85 bits per heavy atom. The smallest absolute Gasteiger partial charge is 0.0152 e. The first-order valence-corrected chi connectivity index (χ1v) is 6.19. The summed E-state index contributed by atoms with van der Waals surface area (Å²) < 4.78 is 0. The molecular weight excluding hydrogens is 158 g/mol. The van der Waals surface area contributed by atoms with Crippen molar-refractivity contribution in [3.05, 3.63) is 0 Å². The van der Waals surface area contributed by atoms with Gasteiger partial charge in [0.25, 0.3) is 0 Å². The Hall–Kier alpha value is -0.0400. The van der Waals surface area contributed by atoms with E-state index >= 15 is 0 Å². The van der Waals surface area contributed by atoms with Crippen molar-refractivity contribution in [2.75, 3.05) is 13.1 Å². The standard InChI is InChI=1S/C12H21N/c1-4-10-6-2-8-13-9-3-7-11(5-1)12(10)13/h10-12H,1-9H2. The lowest BCUT2D eigenvalue weighted by atomic mass is 9.69. The van der Waals surface area contributed by atoms with Gasteiger partial charge in [-0.3, -0.25) is 4.90 Å². The van der Waals surface area contributed by atoms with Crippen molar-refractivity contribution < 1.29 is 0 Å². The first-order chi connectivity index (χ1) is 6.45. The van der Waals surface area contributed by atoms with Crippen LogP contribution in [0.15, 0.2) is 0 Å². The fraction of sp³-hybridized carbons (Fsp3) is 1.00. The monoisotopic (exact) mass is 179 g/mol. The fourth-order valence-electron chi connectivity index (χ4n) is 4.12. The van der Waals surface area contributed by atoms with Gasteiger partial charge in [0.05, 0.1) is 0 Å². The molecule has 2 heterocycles. The second-order valence-corrected chi connectivity index (χ2v) is 5.26. The lowest BCUT2D eigenvalue weighted by molar-refractivity contribution is -0.0111. The largest absolute Gasteiger partial charge is 0.300 e. The molecule has 0 aromatic heterocycles. The van der Waals surface area contributed by atoms with Crippen molar-refractivity contribution in [1.82, 2.24) is 4.90 Å². The Morgan fingerprint density at radius 1 is 0.692 bits per heavy atom. The molecule has 2 saturated heterocycles. The van der Waals surface area contributed by atoms with Gasteiger partial charge in [-0.15, -0.1) is 0 Å². The van der Waals surface area contributed by atoms with E-state index in [-0.39, 0.29) is 0 Å². The third-order valence-electron chi connectivity index (χ3n) is 4.58. The Labute approximate surface area is 81.5 Å². The topological polar surface area (TPSA) is 3.24 Å². The summed E-state index contributed by atoms with van der Waals surface area (Å²) in [6.07, 6.45) is 10.6. The van der Waals surface area contributed by atoms with Gasteiger partial charge in [0.1, 0.15) is 0 Å². The second kappa shape index (κ2) is 3.27. The summed E-state index contributed by atoms with van der Waals surface area (Å²) >= 11 is 0. The van der Waals surface area contributed by atoms with Crippen molar-refractivity contribution >= 4 is 0 Å². The summed E-state index contributed by atoms with van der Waals surface area (Å²) in [4.78, 5) is 2.82. The van der Waals surface area contributed by atoms with Gasteiger partial charge in [-0.1, -0.05) is 6.42 Å². The minimum atomic E-state index is 1.02. The van der Waals surface area contributed by atoms with E-state index in [1.165, 1.54) is 58.0 Å². The van der Waals surface area contributed by atoms with Crippen LogP contribution in [0.1, 0.15) is 44.9 Å². The fourth-order valence-corrected chi connectivity index (χ4v) is 4.12. The maximum atomic E-state index is 2.82. The van der Waals surface area contributed by atoms with Crippen LogP contribution in [-0.2, 0) is 0 Å². The van der Waals surface area contributed by atoms with Crippen LogP contribution in [-0.4, -0.2) is 24.0 Å². The summed E-state index contributed by atoms with van der Waals surface area (Å²) in [5.74, 6) is 2.18. The Kier molecular flexibility index (Phi) is 2.08. The molecule has 3 rings (SSSR count). The van der Waals surface area contributed by atoms with Crippen molar-refractivity contribution in [3.63, 3.8) is 0 Å². The average molecular weight is 179 g/mol. The highest BCUT2D eigenvalue weighted by molar-refractivity contribution is 4.94. The van der Waals surface area contributed by atoms with Crippen LogP contribution in [0.4, 0.5) is 0 Å². The number of nitrogens with zero attached hydrogens (tertiary/aromatic N) is 1. The Morgan fingerprint density at radius 2 is 1.23 bits per heavy atom. The number of hydrogen-bond acceptors (Lipinski definition) is 1. The maximum absolute atomic E-state index is 2.82. The molecule has 2 aliphatic heterocycles. The predicted octanol–water partition coefficient (Wildman–Crippen LogP) is 2.66. The molecule has 0 amide bonds. The van der Waals surface area contributed by atoms with Crippen LogP contribution >= 0.6 is 0 Å².